The summed E-state index contributed by atoms with van der Waals surface area (Å²) in [6.45, 7) is 1.69. The Bertz CT molecular complexity index is 994. The number of carbonyl (C=O) groups excluding carboxylic acids is 2. The number of esters is 1. The summed E-state index contributed by atoms with van der Waals surface area (Å²) in [5.74, 6) is -0.829. The summed E-state index contributed by atoms with van der Waals surface area (Å²) in [6, 6.07) is 16.2. The Hall–Kier alpha value is -3.24. The molecule has 0 fully saturated rings. The molecular formula is C21H18N2O4S. The Labute approximate surface area is 167 Å². The smallest absolute Gasteiger partial charge is 0.342 e. The number of ketones is 1. The molecule has 0 atom stereocenters. The fourth-order valence-electron chi connectivity index (χ4n) is 2.75. The summed E-state index contributed by atoms with van der Waals surface area (Å²) in [5.41, 5.74) is 1.13. The molecule has 2 aromatic carbocycles. The van der Waals surface area contributed by atoms with Crippen LogP contribution in [0.15, 0.2) is 64.0 Å². The van der Waals surface area contributed by atoms with Gasteiger partial charge in [0.2, 0.25) is 5.78 Å². The van der Waals surface area contributed by atoms with Crippen LogP contribution in [-0.2, 0) is 9.53 Å². The molecule has 1 aliphatic rings. The first-order chi connectivity index (χ1) is 13.6. The second kappa shape index (κ2) is 8.63. The predicted molar refractivity (Wildman–Crippen MR) is 106 cm³/mol. The lowest BCUT2D eigenvalue weighted by Gasteiger charge is -2.15. The molecule has 0 aliphatic carbocycles. The number of fused-ring (bicyclic) bond motifs is 1. The molecule has 0 radical (unpaired) electrons. The standard InChI is InChI=1S/C21H18N2O4S/c1-3-26-18-10-6-4-8-14(18)21(25)27-13-17(24)15(12-22)20-23(2)16-9-5-7-11-19(16)28-20/h4-11H,3,13H2,1-2H3/b20-15+. The number of Topliss-reactive ketones (excluding diaryl/α,β-unsaturated/α-hetero) is 1. The Kier molecular flexibility index (Phi) is 6.02. The summed E-state index contributed by atoms with van der Waals surface area (Å²) >= 11 is 1.35. The van der Waals surface area contributed by atoms with E-state index in [0.717, 1.165) is 10.6 Å². The van der Waals surface area contributed by atoms with Gasteiger partial charge in [0.1, 0.15) is 28.0 Å². The van der Waals surface area contributed by atoms with E-state index < -0.39 is 18.4 Å². The van der Waals surface area contributed by atoms with E-state index in [1.165, 1.54) is 11.8 Å². The molecule has 0 spiro atoms. The van der Waals surface area contributed by atoms with Crippen molar-refractivity contribution in [3.05, 3.63) is 64.7 Å². The van der Waals surface area contributed by atoms with Gasteiger partial charge in [-0.1, -0.05) is 36.0 Å². The lowest BCUT2D eigenvalue weighted by Crippen LogP contribution is -2.20. The average Bonchev–Trinajstić information content (AvgIpc) is 3.04. The van der Waals surface area contributed by atoms with Crippen LogP contribution in [-0.4, -0.2) is 32.0 Å². The van der Waals surface area contributed by atoms with Crippen LogP contribution in [0.2, 0.25) is 0 Å². The van der Waals surface area contributed by atoms with Gasteiger partial charge in [-0.2, -0.15) is 5.26 Å². The zero-order chi connectivity index (χ0) is 20.1. The first kappa shape index (κ1) is 19.5. The Morgan fingerprint density at radius 1 is 1.14 bits per heavy atom. The minimum Gasteiger partial charge on any atom is -0.493 e. The first-order valence-corrected chi connectivity index (χ1v) is 9.45. The molecule has 0 amide bonds. The third-order valence-electron chi connectivity index (χ3n) is 4.08. The quantitative estimate of drug-likeness (QED) is 0.419. The number of benzene rings is 2. The summed E-state index contributed by atoms with van der Waals surface area (Å²) in [7, 11) is 1.79. The number of hydrogen-bond acceptors (Lipinski definition) is 7. The van der Waals surface area contributed by atoms with Gasteiger partial charge in [-0.05, 0) is 31.2 Å². The number of hydrogen-bond donors (Lipinski definition) is 0. The number of anilines is 1. The predicted octanol–water partition coefficient (Wildman–Crippen LogP) is 3.79. The summed E-state index contributed by atoms with van der Waals surface area (Å²) in [4.78, 5) is 27.7. The summed E-state index contributed by atoms with van der Waals surface area (Å²) in [5, 5.41) is 10.0. The van der Waals surface area contributed by atoms with E-state index in [2.05, 4.69) is 0 Å². The van der Waals surface area contributed by atoms with E-state index >= 15 is 0 Å². The zero-order valence-electron chi connectivity index (χ0n) is 15.5. The van der Waals surface area contributed by atoms with Crippen molar-refractivity contribution in [2.45, 2.75) is 11.8 Å². The van der Waals surface area contributed by atoms with E-state index in [0.29, 0.717) is 17.4 Å². The highest BCUT2D eigenvalue weighted by atomic mass is 32.2. The molecule has 0 saturated carbocycles. The molecule has 2 aromatic rings. The van der Waals surface area contributed by atoms with Crippen molar-refractivity contribution in [1.29, 1.82) is 5.26 Å². The maximum atomic E-state index is 12.6. The lowest BCUT2D eigenvalue weighted by atomic mass is 10.2. The van der Waals surface area contributed by atoms with Crippen molar-refractivity contribution in [2.75, 3.05) is 25.2 Å². The van der Waals surface area contributed by atoms with Crippen LogP contribution in [0.1, 0.15) is 17.3 Å². The molecule has 0 N–H and O–H groups in total. The molecule has 3 rings (SSSR count). The van der Waals surface area contributed by atoms with Crippen molar-refractivity contribution in [2.24, 2.45) is 0 Å². The third-order valence-corrected chi connectivity index (χ3v) is 5.32. The monoisotopic (exact) mass is 394 g/mol. The van der Waals surface area contributed by atoms with E-state index in [9.17, 15) is 14.9 Å². The molecule has 0 bridgehead atoms. The van der Waals surface area contributed by atoms with Crippen molar-refractivity contribution >= 4 is 29.2 Å². The fraction of sp³-hybridized carbons (Fsp3) is 0.190. The topological polar surface area (TPSA) is 79.6 Å². The van der Waals surface area contributed by atoms with Gasteiger partial charge in [0.25, 0.3) is 0 Å². The van der Waals surface area contributed by atoms with Gasteiger partial charge in [-0.15, -0.1) is 0 Å². The highest BCUT2D eigenvalue weighted by Gasteiger charge is 2.28. The summed E-state index contributed by atoms with van der Waals surface area (Å²) in [6.07, 6.45) is 0. The van der Waals surface area contributed by atoms with Gasteiger partial charge in [-0.25, -0.2) is 4.79 Å². The van der Waals surface area contributed by atoms with Gasteiger partial charge in [0, 0.05) is 11.9 Å². The number of rotatable bonds is 6. The third kappa shape index (κ3) is 3.87. The molecule has 28 heavy (non-hydrogen) atoms. The minimum absolute atomic E-state index is 0.0328. The molecule has 6 nitrogen and oxygen atoms in total. The molecule has 1 heterocycles. The van der Waals surface area contributed by atoms with Gasteiger partial charge in [-0.3, -0.25) is 4.79 Å². The van der Waals surface area contributed by atoms with Gasteiger partial charge in [0.05, 0.1) is 12.3 Å². The largest absolute Gasteiger partial charge is 0.493 e. The maximum Gasteiger partial charge on any atom is 0.342 e. The lowest BCUT2D eigenvalue weighted by molar-refractivity contribution is -0.118. The molecule has 7 heteroatoms. The van der Waals surface area contributed by atoms with Crippen molar-refractivity contribution < 1.29 is 19.1 Å². The van der Waals surface area contributed by atoms with Crippen LogP contribution in [0.25, 0.3) is 0 Å². The maximum absolute atomic E-state index is 12.6. The molecular weight excluding hydrogens is 376 g/mol. The number of nitriles is 1. The molecule has 0 unspecified atom stereocenters. The number of para-hydroxylation sites is 2. The molecule has 0 saturated heterocycles. The highest BCUT2D eigenvalue weighted by molar-refractivity contribution is 8.03. The number of thioether (sulfide) groups is 1. The fourth-order valence-corrected chi connectivity index (χ4v) is 3.91. The van der Waals surface area contributed by atoms with Crippen molar-refractivity contribution in [3.8, 4) is 11.8 Å². The SMILES string of the molecule is CCOc1ccccc1C(=O)OCC(=O)/C(C#N)=C1/Sc2ccccc2N1C. The highest BCUT2D eigenvalue weighted by Crippen LogP contribution is 2.46. The number of ether oxygens (including phenoxy) is 2. The van der Waals surface area contributed by atoms with Crippen molar-refractivity contribution in [3.63, 3.8) is 0 Å². The normalized spacial score (nSPS) is 14.1. The van der Waals surface area contributed by atoms with Crippen LogP contribution >= 0.6 is 11.8 Å². The van der Waals surface area contributed by atoms with E-state index in [1.807, 2.05) is 37.3 Å². The van der Waals surface area contributed by atoms with Crippen LogP contribution in [0, 0.1) is 11.3 Å². The van der Waals surface area contributed by atoms with E-state index in [1.54, 1.807) is 36.2 Å². The number of carbonyl (C=O) groups is 2. The Balaban J connectivity index is 1.74. The van der Waals surface area contributed by atoms with E-state index in [4.69, 9.17) is 9.47 Å². The van der Waals surface area contributed by atoms with Crippen LogP contribution in [0.3, 0.4) is 0 Å². The summed E-state index contributed by atoms with van der Waals surface area (Å²) < 4.78 is 10.6. The Morgan fingerprint density at radius 2 is 1.86 bits per heavy atom. The van der Waals surface area contributed by atoms with Gasteiger partial charge < -0.3 is 14.4 Å². The zero-order valence-corrected chi connectivity index (χ0v) is 16.3. The van der Waals surface area contributed by atoms with Crippen molar-refractivity contribution in [1.82, 2.24) is 0 Å². The van der Waals surface area contributed by atoms with Gasteiger partial charge in [0.15, 0.2) is 6.61 Å². The van der Waals surface area contributed by atoms with Crippen LogP contribution < -0.4 is 9.64 Å². The van der Waals surface area contributed by atoms with Crippen LogP contribution in [0.5, 0.6) is 5.75 Å². The van der Waals surface area contributed by atoms with Crippen LogP contribution in [0.4, 0.5) is 5.69 Å². The average molecular weight is 394 g/mol. The molecule has 0 aromatic heterocycles. The van der Waals surface area contributed by atoms with E-state index in [-0.39, 0.29) is 11.1 Å². The second-order valence-electron chi connectivity index (χ2n) is 5.85. The minimum atomic E-state index is -0.671. The first-order valence-electron chi connectivity index (χ1n) is 8.64. The van der Waals surface area contributed by atoms with Gasteiger partial charge >= 0.3 is 5.97 Å². The molecule has 1 aliphatic heterocycles. The Morgan fingerprint density at radius 3 is 2.57 bits per heavy atom. The second-order valence-corrected chi connectivity index (χ2v) is 6.88. The number of nitrogens with zero attached hydrogens (tertiary/aromatic N) is 2. The molecule has 142 valence electrons.